The predicted octanol–water partition coefficient (Wildman–Crippen LogP) is -0.642. The Kier molecular flexibility index (Phi) is 3.95. The molecule has 1 aliphatic rings. The van der Waals surface area contributed by atoms with Crippen LogP contribution in [0.25, 0.3) is 0 Å². The van der Waals surface area contributed by atoms with Crippen molar-refractivity contribution in [3.05, 3.63) is 24.3 Å². The van der Waals surface area contributed by atoms with Crippen LogP contribution in [0.15, 0.2) is 24.3 Å². The average molecular weight is 300 g/mol. The SMILES string of the molecule is NC1(C(=O)Nc2cccc(NS(N)(=O)=O)c2)CCOC1. The van der Waals surface area contributed by atoms with Crippen LogP contribution < -0.4 is 20.9 Å². The van der Waals surface area contributed by atoms with Crippen molar-refractivity contribution in [2.75, 3.05) is 23.3 Å². The molecular formula is C11H16N4O4S. The van der Waals surface area contributed by atoms with E-state index < -0.39 is 15.7 Å². The molecule has 1 aromatic carbocycles. The third kappa shape index (κ3) is 3.67. The van der Waals surface area contributed by atoms with Crippen LogP contribution in [0.1, 0.15) is 6.42 Å². The molecule has 0 saturated carbocycles. The summed E-state index contributed by atoms with van der Waals surface area (Å²) in [5.74, 6) is -0.372. The molecule has 6 N–H and O–H groups in total. The highest BCUT2D eigenvalue weighted by Gasteiger charge is 2.38. The van der Waals surface area contributed by atoms with E-state index in [-0.39, 0.29) is 18.2 Å². The molecule has 1 heterocycles. The van der Waals surface area contributed by atoms with Crippen molar-refractivity contribution in [3.8, 4) is 0 Å². The second-order valence-electron chi connectivity index (χ2n) is 4.64. The van der Waals surface area contributed by atoms with Crippen molar-refractivity contribution < 1.29 is 17.9 Å². The first-order valence-corrected chi connectivity index (χ1v) is 7.42. The minimum atomic E-state index is -3.86. The fourth-order valence-corrected chi connectivity index (χ4v) is 2.30. The van der Waals surface area contributed by atoms with Crippen molar-refractivity contribution in [2.24, 2.45) is 10.9 Å². The first kappa shape index (κ1) is 14.7. The van der Waals surface area contributed by atoms with E-state index in [9.17, 15) is 13.2 Å². The first-order chi connectivity index (χ1) is 9.28. The van der Waals surface area contributed by atoms with Crippen molar-refractivity contribution >= 4 is 27.5 Å². The molecule has 1 fully saturated rings. The molecule has 0 spiro atoms. The Morgan fingerprint density at radius 3 is 2.65 bits per heavy atom. The van der Waals surface area contributed by atoms with Gasteiger partial charge in [-0.3, -0.25) is 9.52 Å². The molecule has 0 bridgehead atoms. The second-order valence-corrected chi connectivity index (χ2v) is 5.93. The Balaban J connectivity index is 2.10. The number of anilines is 2. The van der Waals surface area contributed by atoms with E-state index in [4.69, 9.17) is 15.6 Å². The molecule has 0 aromatic heterocycles. The lowest BCUT2D eigenvalue weighted by Gasteiger charge is -2.20. The molecular weight excluding hydrogens is 284 g/mol. The van der Waals surface area contributed by atoms with Crippen LogP contribution in [-0.2, 0) is 19.7 Å². The minimum Gasteiger partial charge on any atom is -0.379 e. The van der Waals surface area contributed by atoms with Crippen molar-refractivity contribution in [2.45, 2.75) is 12.0 Å². The molecule has 20 heavy (non-hydrogen) atoms. The summed E-state index contributed by atoms with van der Waals surface area (Å²) < 4.78 is 29.1. The molecule has 1 atom stereocenters. The van der Waals surface area contributed by atoms with Gasteiger partial charge in [-0.1, -0.05) is 6.07 Å². The van der Waals surface area contributed by atoms with Crippen LogP contribution in [0.2, 0.25) is 0 Å². The van der Waals surface area contributed by atoms with Gasteiger partial charge in [0.15, 0.2) is 0 Å². The van der Waals surface area contributed by atoms with Gasteiger partial charge in [-0.25, -0.2) is 5.14 Å². The maximum atomic E-state index is 12.1. The van der Waals surface area contributed by atoms with Gasteiger partial charge in [0.1, 0.15) is 5.54 Å². The highest BCUT2D eigenvalue weighted by Crippen LogP contribution is 2.20. The predicted molar refractivity (Wildman–Crippen MR) is 74.2 cm³/mol. The Hall–Kier alpha value is -1.68. The van der Waals surface area contributed by atoms with Crippen LogP contribution in [0.4, 0.5) is 11.4 Å². The smallest absolute Gasteiger partial charge is 0.296 e. The Labute approximate surface area is 116 Å². The summed E-state index contributed by atoms with van der Waals surface area (Å²) in [5, 5.41) is 7.51. The molecule has 9 heteroatoms. The largest absolute Gasteiger partial charge is 0.379 e. The number of ether oxygens (including phenoxy) is 1. The Bertz CT molecular complexity index is 611. The van der Waals surface area contributed by atoms with Crippen LogP contribution in [0.5, 0.6) is 0 Å². The summed E-state index contributed by atoms with van der Waals surface area (Å²) in [4.78, 5) is 12.1. The molecule has 8 nitrogen and oxygen atoms in total. The molecule has 0 aliphatic carbocycles. The van der Waals surface area contributed by atoms with E-state index in [2.05, 4.69) is 10.0 Å². The van der Waals surface area contributed by atoms with E-state index in [1.807, 2.05) is 0 Å². The molecule has 1 amide bonds. The summed E-state index contributed by atoms with van der Waals surface area (Å²) in [6, 6.07) is 6.15. The van der Waals surface area contributed by atoms with Gasteiger partial charge in [0.25, 0.3) is 10.2 Å². The quantitative estimate of drug-likeness (QED) is 0.586. The number of hydrogen-bond donors (Lipinski definition) is 4. The molecule has 0 radical (unpaired) electrons. The van der Waals surface area contributed by atoms with E-state index in [0.717, 1.165) is 0 Å². The van der Waals surface area contributed by atoms with Gasteiger partial charge in [-0.05, 0) is 24.6 Å². The summed E-state index contributed by atoms with van der Waals surface area (Å²) in [6.45, 7) is 0.602. The number of hydrogen-bond acceptors (Lipinski definition) is 5. The van der Waals surface area contributed by atoms with Gasteiger partial charge in [0, 0.05) is 12.3 Å². The number of carbonyl (C=O) groups excluding carboxylic acids is 1. The van der Waals surface area contributed by atoms with Gasteiger partial charge < -0.3 is 15.8 Å². The summed E-state index contributed by atoms with van der Waals surface area (Å²) in [5.41, 5.74) is 5.54. The number of nitrogens with two attached hydrogens (primary N) is 2. The summed E-state index contributed by atoms with van der Waals surface area (Å²) in [7, 11) is -3.86. The van der Waals surface area contributed by atoms with Gasteiger partial charge in [0.2, 0.25) is 5.91 Å². The van der Waals surface area contributed by atoms with Crippen LogP contribution in [0, 0.1) is 0 Å². The van der Waals surface area contributed by atoms with E-state index in [1.54, 1.807) is 12.1 Å². The maximum absolute atomic E-state index is 12.1. The highest BCUT2D eigenvalue weighted by molar-refractivity contribution is 7.90. The number of rotatable bonds is 4. The van der Waals surface area contributed by atoms with Crippen LogP contribution >= 0.6 is 0 Å². The third-order valence-electron chi connectivity index (χ3n) is 2.88. The average Bonchev–Trinajstić information content (AvgIpc) is 2.76. The standard InChI is InChI=1S/C11H16N4O4S/c12-11(4-5-19-7-11)10(16)14-8-2-1-3-9(6-8)15-20(13,17)18/h1-3,6,15H,4-5,7,12H2,(H,14,16)(H2,13,17,18). The lowest BCUT2D eigenvalue weighted by atomic mass is 9.99. The van der Waals surface area contributed by atoms with E-state index >= 15 is 0 Å². The fourth-order valence-electron chi connectivity index (χ4n) is 1.84. The molecule has 110 valence electrons. The van der Waals surface area contributed by atoms with Gasteiger partial charge >= 0.3 is 0 Å². The molecule has 2 rings (SSSR count). The van der Waals surface area contributed by atoms with Crippen LogP contribution in [-0.4, -0.2) is 33.1 Å². The lowest BCUT2D eigenvalue weighted by Crippen LogP contribution is -2.51. The zero-order chi connectivity index (χ0) is 14.8. The molecule has 1 unspecified atom stereocenters. The normalized spacial score (nSPS) is 22.5. The van der Waals surface area contributed by atoms with Crippen molar-refractivity contribution in [3.63, 3.8) is 0 Å². The Morgan fingerprint density at radius 2 is 2.05 bits per heavy atom. The number of carbonyl (C=O) groups is 1. The molecule has 1 aromatic rings. The number of amides is 1. The highest BCUT2D eigenvalue weighted by atomic mass is 32.2. The maximum Gasteiger partial charge on any atom is 0.296 e. The molecule has 1 saturated heterocycles. The number of nitrogens with one attached hydrogen (secondary N) is 2. The topological polar surface area (TPSA) is 137 Å². The summed E-state index contributed by atoms with van der Waals surface area (Å²) in [6.07, 6.45) is 0.438. The zero-order valence-corrected chi connectivity index (χ0v) is 11.4. The van der Waals surface area contributed by atoms with Gasteiger partial charge in [-0.15, -0.1) is 0 Å². The van der Waals surface area contributed by atoms with Gasteiger partial charge in [-0.2, -0.15) is 8.42 Å². The zero-order valence-electron chi connectivity index (χ0n) is 10.6. The first-order valence-electron chi connectivity index (χ1n) is 5.87. The van der Waals surface area contributed by atoms with Crippen molar-refractivity contribution in [1.29, 1.82) is 0 Å². The molecule has 1 aliphatic heterocycles. The minimum absolute atomic E-state index is 0.161. The third-order valence-corrected chi connectivity index (χ3v) is 3.41. The van der Waals surface area contributed by atoms with E-state index in [1.165, 1.54) is 12.1 Å². The van der Waals surface area contributed by atoms with Crippen LogP contribution in [0.3, 0.4) is 0 Å². The van der Waals surface area contributed by atoms with Gasteiger partial charge in [0.05, 0.1) is 12.3 Å². The lowest BCUT2D eigenvalue weighted by molar-refractivity contribution is -0.121. The monoisotopic (exact) mass is 300 g/mol. The fraction of sp³-hybridized carbons (Fsp3) is 0.364. The second kappa shape index (κ2) is 5.37. The Morgan fingerprint density at radius 1 is 1.35 bits per heavy atom. The number of benzene rings is 1. The van der Waals surface area contributed by atoms with Crippen molar-refractivity contribution in [1.82, 2.24) is 0 Å². The van der Waals surface area contributed by atoms with E-state index in [0.29, 0.717) is 18.7 Å². The summed E-state index contributed by atoms with van der Waals surface area (Å²) >= 11 is 0.